The highest BCUT2D eigenvalue weighted by Crippen LogP contribution is 2.33. The van der Waals surface area contributed by atoms with Gasteiger partial charge in [0.05, 0.1) is 19.2 Å². The zero-order chi connectivity index (χ0) is 22.5. The van der Waals surface area contributed by atoms with Gasteiger partial charge in [0, 0.05) is 6.42 Å². The maximum absolute atomic E-state index is 12.7. The van der Waals surface area contributed by atoms with Gasteiger partial charge in [-0.15, -0.1) is 0 Å². The maximum atomic E-state index is 12.7. The highest BCUT2D eigenvalue weighted by molar-refractivity contribution is 6.04. The van der Waals surface area contributed by atoms with Crippen molar-refractivity contribution in [1.29, 1.82) is 0 Å². The Balaban J connectivity index is 1.27. The van der Waals surface area contributed by atoms with Crippen LogP contribution in [0.15, 0.2) is 48.5 Å². The first-order valence-corrected chi connectivity index (χ1v) is 10.5. The van der Waals surface area contributed by atoms with Gasteiger partial charge in [-0.1, -0.05) is 36.4 Å². The number of benzene rings is 2. The van der Waals surface area contributed by atoms with Crippen molar-refractivity contribution in [2.24, 2.45) is 0 Å². The molecule has 9 heteroatoms. The number of urea groups is 1. The van der Waals surface area contributed by atoms with Crippen LogP contribution in [0.25, 0.3) is 0 Å². The molecular weight excluding hydrogens is 414 g/mol. The molecule has 2 aromatic rings. The summed E-state index contributed by atoms with van der Waals surface area (Å²) in [6, 6.07) is 13.1. The van der Waals surface area contributed by atoms with Gasteiger partial charge in [-0.2, -0.15) is 0 Å². The summed E-state index contributed by atoms with van der Waals surface area (Å²) in [6.07, 6.45) is 0.739. The Bertz CT molecular complexity index is 996. The Morgan fingerprint density at radius 2 is 1.91 bits per heavy atom. The summed E-state index contributed by atoms with van der Waals surface area (Å²) in [7, 11) is 0. The number of carbonyl (C=O) groups excluding carboxylic acids is 3. The largest absolute Gasteiger partial charge is 0.454 e. The van der Waals surface area contributed by atoms with E-state index >= 15 is 0 Å². The number of rotatable bonds is 9. The summed E-state index contributed by atoms with van der Waals surface area (Å²) in [6.45, 7) is 0.0608. The Morgan fingerprint density at radius 3 is 2.69 bits per heavy atom. The van der Waals surface area contributed by atoms with Crippen LogP contribution in [0.1, 0.15) is 24.0 Å². The van der Waals surface area contributed by atoms with Crippen LogP contribution in [0.3, 0.4) is 0 Å². The van der Waals surface area contributed by atoms with Gasteiger partial charge in [0.25, 0.3) is 5.91 Å². The number of amides is 4. The summed E-state index contributed by atoms with van der Waals surface area (Å²) in [5.74, 6) is 0.555. The molecule has 0 bridgehead atoms. The quantitative estimate of drug-likeness (QED) is 0.508. The number of hydrogen-bond donors (Lipinski definition) is 3. The predicted molar refractivity (Wildman–Crippen MR) is 114 cm³/mol. The summed E-state index contributed by atoms with van der Waals surface area (Å²) in [5.41, 5.74) is 1.74. The number of aliphatic hydroxyl groups is 1. The molecule has 2 aliphatic heterocycles. The van der Waals surface area contributed by atoms with Crippen LogP contribution < -0.4 is 20.1 Å². The molecule has 0 spiro atoms. The van der Waals surface area contributed by atoms with Crippen LogP contribution in [0.2, 0.25) is 0 Å². The Morgan fingerprint density at radius 1 is 1.12 bits per heavy atom. The molecule has 2 heterocycles. The zero-order valence-corrected chi connectivity index (χ0v) is 17.5. The third-order valence-corrected chi connectivity index (χ3v) is 5.46. The fraction of sp³-hybridized carbons (Fsp3) is 0.348. The van der Waals surface area contributed by atoms with Crippen molar-refractivity contribution in [1.82, 2.24) is 15.5 Å². The SMILES string of the molecule is O=C(CC[C@@H]1NC(=O)N(Cc2ccc3c(c2)OCO3)C1=O)N[C@@H](CO)Cc1ccccc1. The Kier molecular flexibility index (Phi) is 6.55. The lowest BCUT2D eigenvalue weighted by Crippen LogP contribution is -2.40. The molecule has 168 valence electrons. The number of ether oxygens (including phenoxy) is 2. The van der Waals surface area contributed by atoms with Gasteiger partial charge < -0.3 is 25.2 Å². The topological polar surface area (TPSA) is 117 Å². The molecule has 4 amide bonds. The molecule has 0 aliphatic carbocycles. The third kappa shape index (κ3) is 5.00. The molecule has 0 radical (unpaired) electrons. The van der Waals surface area contributed by atoms with Gasteiger partial charge in [-0.05, 0) is 36.1 Å². The second-order valence-electron chi connectivity index (χ2n) is 7.79. The Hall–Kier alpha value is -3.59. The first-order chi connectivity index (χ1) is 15.5. The van der Waals surface area contributed by atoms with Crippen LogP contribution in [0.5, 0.6) is 11.5 Å². The molecule has 3 N–H and O–H groups in total. The van der Waals surface area contributed by atoms with Crippen molar-refractivity contribution in [3.63, 3.8) is 0 Å². The number of nitrogens with one attached hydrogen (secondary N) is 2. The molecule has 1 fully saturated rings. The molecule has 0 aromatic heterocycles. The van der Waals surface area contributed by atoms with Crippen LogP contribution in [-0.4, -0.2) is 53.3 Å². The molecule has 2 aliphatic rings. The number of fused-ring (bicyclic) bond motifs is 1. The monoisotopic (exact) mass is 439 g/mol. The van der Waals surface area contributed by atoms with Gasteiger partial charge in [0.2, 0.25) is 12.7 Å². The fourth-order valence-corrected chi connectivity index (χ4v) is 3.78. The summed E-state index contributed by atoms with van der Waals surface area (Å²) >= 11 is 0. The van der Waals surface area contributed by atoms with Gasteiger partial charge in [-0.3, -0.25) is 14.5 Å². The van der Waals surface area contributed by atoms with Crippen molar-refractivity contribution in [3.8, 4) is 11.5 Å². The van der Waals surface area contributed by atoms with Gasteiger partial charge >= 0.3 is 6.03 Å². The van der Waals surface area contributed by atoms with E-state index in [9.17, 15) is 19.5 Å². The lowest BCUT2D eigenvalue weighted by molar-refractivity contribution is -0.128. The number of nitrogens with zero attached hydrogens (tertiary/aromatic N) is 1. The van der Waals surface area contributed by atoms with Crippen molar-refractivity contribution in [2.75, 3.05) is 13.4 Å². The second-order valence-corrected chi connectivity index (χ2v) is 7.79. The average Bonchev–Trinajstić information content (AvgIpc) is 3.37. The summed E-state index contributed by atoms with van der Waals surface area (Å²) < 4.78 is 10.6. The third-order valence-electron chi connectivity index (χ3n) is 5.46. The molecule has 0 saturated carbocycles. The van der Waals surface area contributed by atoms with Crippen molar-refractivity contribution < 1.29 is 29.0 Å². The van der Waals surface area contributed by atoms with Crippen LogP contribution in [0, 0.1) is 0 Å². The van der Waals surface area contributed by atoms with E-state index in [1.54, 1.807) is 18.2 Å². The average molecular weight is 439 g/mol. The van der Waals surface area contributed by atoms with E-state index in [-0.39, 0.29) is 44.6 Å². The lowest BCUT2D eigenvalue weighted by atomic mass is 10.1. The smallest absolute Gasteiger partial charge is 0.325 e. The van der Waals surface area contributed by atoms with Gasteiger partial charge in [-0.25, -0.2) is 4.79 Å². The molecule has 0 unspecified atom stereocenters. The minimum Gasteiger partial charge on any atom is -0.454 e. The summed E-state index contributed by atoms with van der Waals surface area (Å²) in [4.78, 5) is 38.5. The molecule has 2 aromatic carbocycles. The number of hydrogen-bond acceptors (Lipinski definition) is 6. The van der Waals surface area contributed by atoms with Crippen LogP contribution >= 0.6 is 0 Å². The summed E-state index contributed by atoms with van der Waals surface area (Å²) in [5, 5.41) is 15.0. The van der Waals surface area contributed by atoms with Gasteiger partial charge in [0.15, 0.2) is 11.5 Å². The first-order valence-electron chi connectivity index (χ1n) is 10.5. The number of aliphatic hydroxyl groups excluding tert-OH is 1. The van der Waals surface area contributed by atoms with E-state index in [0.29, 0.717) is 17.9 Å². The molecule has 2 atom stereocenters. The second kappa shape index (κ2) is 9.69. The van der Waals surface area contributed by atoms with Gasteiger partial charge in [0.1, 0.15) is 6.04 Å². The predicted octanol–water partition coefficient (Wildman–Crippen LogP) is 1.34. The highest BCUT2D eigenvalue weighted by atomic mass is 16.7. The number of carbonyl (C=O) groups is 3. The highest BCUT2D eigenvalue weighted by Gasteiger charge is 2.38. The zero-order valence-electron chi connectivity index (χ0n) is 17.5. The van der Waals surface area contributed by atoms with Crippen molar-refractivity contribution >= 4 is 17.8 Å². The van der Waals surface area contributed by atoms with Crippen LogP contribution in [-0.2, 0) is 22.6 Å². The van der Waals surface area contributed by atoms with E-state index in [1.165, 1.54) is 0 Å². The molecule has 4 rings (SSSR count). The van der Waals surface area contributed by atoms with Crippen molar-refractivity contribution in [2.45, 2.75) is 37.9 Å². The maximum Gasteiger partial charge on any atom is 0.325 e. The van der Waals surface area contributed by atoms with Crippen LogP contribution in [0.4, 0.5) is 4.79 Å². The van der Waals surface area contributed by atoms with E-state index in [2.05, 4.69) is 10.6 Å². The fourth-order valence-electron chi connectivity index (χ4n) is 3.78. The minimum absolute atomic E-state index is 0.0554. The molecule has 1 saturated heterocycles. The minimum atomic E-state index is -0.760. The van der Waals surface area contributed by atoms with E-state index in [1.807, 2.05) is 30.3 Å². The lowest BCUT2D eigenvalue weighted by Gasteiger charge is -2.17. The van der Waals surface area contributed by atoms with Crippen molar-refractivity contribution in [3.05, 3.63) is 59.7 Å². The molecule has 9 nitrogen and oxygen atoms in total. The first kappa shape index (κ1) is 21.6. The van der Waals surface area contributed by atoms with E-state index in [4.69, 9.17) is 9.47 Å². The number of imide groups is 1. The van der Waals surface area contributed by atoms with E-state index in [0.717, 1.165) is 16.0 Å². The molecular formula is C23H25N3O6. The molecule has 32 heavy (non-hydrogen) atoms. The van der Waals surface area contributed by atoms with E-state index < -0.39 is 18.1 Å². The standard InChI is InChI=1S/C23H25N3O6/c27-13-17(10-15-4-2-1-3-5-15)24-21(28)9-7-18-22(29)26(23(30)25-18)12-16-6-8-19-20(11-16)32-14-31-19/h1-6,8,11,17-18,27H,7,9-10,12-14H2,(H,24,28)(H,25,30)/t17-,18+/m1/s1. The normalized spacial score (nSPS) is 17.9. The Labute approximate surface area is 185 Å².